The van der Waals surface area contributed by atoms with Crippen LogP contribution in [-0.4, -0.2) is 31.7 Å². The standard InChI is InChI=1S/C7H6N4O2S/c12-7(13)5(4-1-2-14-3-4)6-8-10-11-9-6/h1-3,5H,(H,12,13)(H,8,9,10,11). The summed E-state index contributed by atoms with van der Waals surface area (Å²) >= 11 is 1.43. The number of carboxylic acid groups (broad SMARTS) is 1. The quantitative estimate of drug-likeness (QED) is 0.768. The summed E-state index contributed by atoms with van der Waals surface area (Å²) in [6.07, 6.45) is 0. The van der Waals surface area contributed by atoms with E-state index in [9.17, 15) is 4.79 Å². The van der Waals surface area contributed by atoms with Gasteiger partial charge in [-0.2, -0.15) is 16.6 Å². The minimum absolute atomic E-state index is 0.177. The topological polar surface area (TPSA) is 91.8 Å². The molecular formula is C7H6N4O2S. The zero-order valence-corrected chi connectivity index (χ0v) is 7.73. The minimum atomic E-state index is -0.982. The Morgan fingerprint density at radius 3 is 3.00 bits per heavy atom. The van der Waals surface area contributed by atoms with Crippen LogP contribution in [0.25, 0.3) is 0 Å². The Hall–Kier alpha value is -1.76. The highest BCUT2D eigenvalue weighted by Gasteiger charge is 2.26. The molecule has 72 valence electrons. The first-order chi connectivity index (χ1) is 6.79. The Morgan fingerprint density at radius 1 is 1.64 bits per heavy atom. The van der Waals surface area contributed by atoms with Gasteiger partial charge in [0, 0.05) is 0 Å². The summed E-state index contributed by atoms with van der Waals surface area (Å²) in [5.74, 6) is -1.64. The number of tetrazole rings is 1. The first-order valence-electron chi connectivity index (χ1n) is 3.77. The lowest BCUT2D eigenvalue weighted by molar-refractivity contribution is -0.137. The predicted octanol–water partition coefficient (Wildman–Crippen LogP) is 0.478. The number of hydrogen-bond acceptors (Lipinski definition) is 5. The maximum atomic E-state index is 11.0. The van der Waals surface area contributed by atoms with Gasteiger partial charge in [0.05, 0.1) is 0 Å². The van der Waals surface area contributed by atoms with Gasteiger partial charge in [-0.25, -0.2) is 0 Å². The summed E-state index contributed by atoms with van der Waals surface area (Å²) in [4.78, 5) is 11.0. The maximum Gasteiger partial charge on any atom is 0.318 e. The lowest BCUT2D eigenvalue weighted by atomic mass is 10.0. The molecule has 7 heteroatoms. The van der Waals surface area contributed by atoms with Gasteiger partial charge >= 0.3 is 5.97 Å². The SMILES string of the molecule is O=C(O)C(c1ccsc1)c1nn[nH]n1. The van der Waals surface area contributed by atoms with Gasteiger partial charge in [0.25, 0.3) is 0 Å². The van der Waals surface area contributed by atoms with Crippen molar-refractivity contribution in [3.05, 3.63) is 28.2 Å². The molecule has 0 aromatic carbocycles. The Bertz CT molecular complexity index is 377. The molecule has 0 aliphatic rings. The van der Waals surface area contributed by atoms with Gasteiger partial charge < -0.3 is 5.11 Å². The number of H-pyrrole nitrogens is 1. The fraction of sp³-hybridized carbons (Fsp3) is 0.143. The van der Waals surface area contributed by atoms with Crippen molar-refractivity contribution in [1.29, 1.82) is 0 Å². The number of rotatable bonds is 3. The number of thiophene rings is 1. The molecule has 0 aliphatic heterocycles. The number of nitrogens with zero attached hydrogens (tertiary/aromatic N) is 3. The van der Waals surface area contributed by atoms with Crippen molar-refractivity contribution in [2.75, 3.05) is 0 Å². The van der Waals surface area contributed by atoms with Crippen LogP contribution in [0.15, 0.2) is 16.8 Å². The molecule has 0 bridgehead atoms. The molecule has 2 heterocycles. The zero-order valence-electron chi connectivity index (χ0n) is 6.91. The summed E-state index contributed by atoms with van der Waals surface area (Å²) in [5, 5.41) is 25.5. The first-order valence-corrected chi connectivity index (χ1v) is 4.71. The normalized spacial score (nSPS) is 12.6. The Balaban J connectivity index is 2.40. The average Bonchev–Trinajstić information content (AvgIpc) is 2.75. The second-order valence-electron chi connectivity index (χ2n) is 2.60. The molecule has 0 aliphatic carbocycles. The zero-order chi connectivity index (χ0) is 9.97. The van der Waals surface area contributed by atoms with Crippen molar-refractivity contribution < 1.29 is 9.90 Å². The van der Waals surface area contributed by atoms with E-state index in [0.717, 1.165) is 0 Å². The number of nitrogens with one attached hydrogen (secondary N) is 1. The molecule has 1 unspecified atom stereocenters. The molecule has 0 radical (unpaired) electrons. The van der Waals surface area contributed by atoms with E-state index < -0.39 is 11.9 Å². The van der Waals surface area contributed by atoms with Crippen molar-refractivity contribution in [3.8, 4) is 0 Å². The van der Waals surface area contributed by atoms with Crippen molar-refractivity contribution in [1.82, 2.24) is 20.6 Å². The van der Waals surface area contributed by atoms with E-state index in [1.807, 2.05) is 5.38 Å². The fourth-order valence-corrected chi connectivity index (χ4v) is 1.82. The fourth-order valence-electron chi connectivity index (χ4n) is 1.13. The van der Waals surface area contributed by atoms with Crippen LogP contribution < -0.4 is 0 Å². The van der Waals surface area contributed by atoms with E-state index in [1.54, 1.807) is 11.4 Å². The van der Waals surface area contributed by atoms with Gasteiger partial charge in [-0.1, -0.05) is 5.21 Å². The van der Waals surface area contributed by atoms with Gasteiger partial charge in [0.15, 0.2) is 5.82 Å². The summed E-state index contributed by atoms with van der Waals surface area (Å²) < 4.78 is 0. The first kappa shape index (κ1) is 8.82. The largest absolute Gasteiger partial charge is 0.480 e. The van der Waals surface area contributed by atoms with E-state index >= 15 is 0 Å². The van der Waals surface area contributed by atoms with Crippen molar-refractivity contribution >= 4 is 17.3 Å². The van der Waals surface area contributed by atoms with Gasteiger partial charge in [-0.3, -0.25) is 4.79 Å². The predicted molar refractivity (Wildman–Crippen MR) is 48.0 cm³/mol. The molecule has 2 aromatic heterocycles. The summed E-state index contributed by atoms with van der Waals surface area (Å²) in [5.41, 5.74) is 0.670. The lowest BCUT2D eigenvalue weighted by Gasteiger charge is -2.04. The molecule has 0 amide bonds. The molecule has 14 heavy (non-hydrogen) atoms. The van der Waals surface area contributed by atoms with Crippen LogP contribution in [0.4, 0.5) is 0 Å². The Kier molecular flexibility index (Phi) is 2.23. The number of carboxylic acids is 1. The van der Waals surface area contributed by atoms with Gasteiger partial charge in [0.1, 0.15) is 5.92 Å². The van der Waals surface area contributed by atoms with Crippen LogP contribution in [0.5, 0.6) is 0 Å². The summed E-state index contributed by atoms with van der Waals surface area (Å²) in [6, 6.07) is 1.74. The van der Waals surface area contributed by atoms with Crippen LogP contribution in [0.2, 0.25) is 0 Å². The van der Waals surface area contributed by atoms with E-state index in [0.29, 0.717) is 5.56 Å². The molecule has 2 rings (SSSR count). The molecular weight excluding hydrogens is 204 g/mol. The van der Waals surface area contributed by atoms with Crippen LogP contribution in [-0.2, 0) is 4.79 Å². The monoisotopic (exact) mass is 210 g/mol. The molecule has 0 spiro atoms. The van der Waals surface area contributed by atoms with Crippen LogP contribution in [0.1, 0.15) is 17.3 Å². The maximum absolute atomic E-state index is 11.0. The van der Waals surface area contributed by atoms with Crippen LogP contribution in [0.3, 0.4) is 0 Å². The third kappa shape index (κ3) is 1.49. The highest BCUT2D eigenvalue weighted by Crippen LogP contribution is 2.23. The molecule has 2 N–H and O–H groups in total. The van der Waals surface area contributed by atoms with Gasteiger partial charge in [0.2, 0.25) is 0 Å². The number of carbonyl (C=O) groups is 1. The summed E-state index contributed by atoms with van der Waals surface area (Å²) in [6.45, 7) is 0. The number of aromatic amines is 1. The lowest BCUT2D eigenvalue weighted by Crippen LogP contribution is -2.14. The van der Waals surface area contributed by atoms with Crippen molar-refractivity contribution in [3.63, 3.8) is 0 Å². The molecule has 6 nitrogen and oxygen atoms in total. The number of aliphatic carboxylic acids is 1. The average molecular weight is 210 g/mol. The highest BCUT2D eigenvalue weighted by molar-refractivity contribution is 7.08. The van der Waals surface area contributed by atoms with Crippen molar-refractivity contribution in [2.45, 2.75) is 5.92 Å². The molecule has 0 fully saturated rings. The molecule has 0 saturated heterocycles. The van der Waals surface area contributed by atoms with Gasteiger partial charge in [-0.05, 0) is 22.4 Å². The number of aromatic nitrogens is 4. The van der Waals surface area contributed by atoms with E-state index in [1.165, 1.54) is 11.3 Å². The molecule has 1 atom stereocenters. The third-order valence-electron chi connectivity index (χ3n) is 1.74. The molecule has 2 aromatic rings. The second kappa shape index (κ2) is 3.54. The van der Waals surface area contributed by atoms with Gasteiger partial charge in [-0.15, -0.1) is 10.2 Å². The Labute approximate surface area is 82.6 Å². The Morgan fingerprint density at radius 2 is 2.50 bits per heavy atom. The van der Waals surface area contributed by atoms with E-state index in [-0.39, 0.29) is 5.82 Å². The second-order valence-corrected chi connectivity index (χ2v) is 3.38. The van der Waals surface area contributed by atoms with Crippen LogP contribution in [0, 0.1) is 0 Å². The molecule has 0 saturated carbocycles. The number of hydrogen-bond donors (Lipinski definition) is 2. The smallest absolute Gasteiger partial charge is 0.318 e. The summed E-state index contributed by atoms with van der Waals surface area (Å²) in [7, 11) is 0. The van der Waals surface area contributed by atoms with E-state index in [4.69, 9.17) is 5.11 Å². The highest BCUT2D eigenvalue weighted by atomic mass is 32.1. The van der Waals surface area contributed by atoms with Crippen molar-refractivity contribution in [2.24, 2.45) is 0 Å². The van der Waals surface area contributed by atoms with Crippen LogP contribution >= 0.6 is 11.3 Å². The minimum Gasteiger partial charge on any atom is -0.480 e. The third-order valence-corrected chi connectivity index (χ3v) is 2.44. The van der Waals surface area contributed by atoms with E-state index in [2.05, 4.69) is 20.6 Å².